The Bertz CT molecular complexity index is 751. The summed E-state index contributed by atoms with van der Waals surface area (Å²) in [5.41, 5.74) is 1.90. The number of hydrogen-bond donors (Lipinski definition) is 2. The van der Waals surface area contributed by atoms with Crippen LogP contribution in [0.3, 0.4) is 0 Å². The van der Waals surface area contributed by atoms with Crippen LogP contribution < -0.4 is 20.1 Å². The van der Waals surface area contributed by atoms with Crippen molar-refractivity contribution in [2.45, 2.75) is 39.7 Å². The van der Waals surface area contributed by atoms with E-state index in [1.165, 1.54) is 0 Å². The normalized spacial score (nSPS) is 16.1. The van der Waals surface area contributed by atoms with Gasteiger partial charge in [-0.25, -0.2) is 4.79 Å². The average Bonchev–Trinajstić information content (AvgIpc) is 2.70. The Morgan fingerprint density at radius 2 is 1.83 bits per heavy atom. The predicted octanol–water partition coefficient (Wildman–Crippen LogP) is 3.25. The van der Waals surface area contributed by atoms with Crippen LogP contribution in [0.2, 0.25) is 0 Å². The first-order valence-corrected chi connectivity index (χ1v) is 10.3. The van der Waals surface area contributed by atoms with Gasteiger partial charge in [-0.05, 0) is 44.1 Å². The third kappa shape index (κ3) is 6.33. The molecular formula is C21H30N2O5S. The molecular weight excluding hydrogens is 392 g/mol. The van der Waals surface area contributed by atoms with Crippen LogP contribution in [0.4, 0.5) is 0 Å². The minimum absolute atomic E-state index is 0.173. The van der Waals surface area contributed by atoms with E-state index in [0.29, 0.717) is 42.0 Å². The molecule has 7 nitrogen and oxygen atoms in total. The Morgan fingerprint density at radius 1 is 1.10 bits per heavy atom. The fourth-order valence-corrected chi connectivity index (χ4v) is 3.16. The fourth-order valence-electron chi connectivity index (χ4n) is 2.89. The van der Waals surface area contributed by atoms with E-state index in [1.54, 1.807) is 14.0 Å². The quantitative estimate of drug-likeness (QED) is 0.320. The lowest BCUT2D eigenvalue weighted by atomic mass is 9.94. The molecule has 0 radical (unpaired) electrons. The summed E-state index contributed by atoms with van der Waals surface area (Å²) in [6, 6.07) is 5.14. The molecule has 29 heavy (non-hydrogen) atoms. The Balaban J connectivity index is 2.39. The molecule has 1 aliphatic rings. The molecule has 8 heteroatoms. The number of ether oxygens (including phenoxy) is 4. The van der Waals surface area contributed by atoms with E-state index in [9.17, 15) is 4.79 Å². The number of methoxy groups -OCH3 is 1. The first-order chi connectivity index (χ1) is 14.0. The van der Waals surface area contributed by atoms with Crippen LogP contribution >= 0.6 is 12.2 Å². The van der Waals surface area contributed by atoms with Crippen LogP contribution in [0, 0.1) is 0 Å². The molecule has 0 spiro atoms. The maximum Gasteiger partial charge on any atom is 0.338 e. The zero-order chi connectivity index (χ0) is 21.2. The maximum absolute atomic E-state index is 12.8. The molecule has 0 bridgehead atoms. The lowest BCUT2D eigenvalue weighted by molar-refractivity contribution is -0.140. The van der Waals surface area contributed by atoms with Crippen molar-refractivity contribution in [3.05, 3.63) is 35.0 Å². The first kappa shape index (κ1) is 23.0. The first-order valence-electron chi connectivity index (χ1n) is 9.85. The zero-order valence-corrected chi connectivity index (χ0v) is 18.3. The summed E-state index contributed by atoms with van der Waals surface area (Å²) in [5.74, 6) is 0.945. The van der Waals surface area contributed by atoms with Gasteiger partial charge in [0.25, 0.3) is 0 Å². The summed E-state index contributed by atoms with van der Waals surface area (Å²) >= 11 is 5.33. The molecule has 0 amide bonds. The van der Waals surface area contributed by atoms with E-state index in [0.717, 1.165) is 24.2 Å². The van der Waals surface area contributed by atoms with Gasteiger partial charge in [-0.15, -0.1) is 0 Å². The van der Waals surface area contributed by atoms with Crippen LogP contribution in [0.15, 0.2) is 29.5 Å². The third-order valence-electron chi connectivity index (χ3n) is 4.24. The minimum atomic E-state index is -0.495. The zero-order valence-electron chi connectivity index (χ0n) is 17.5. The monoisotopic (exact) mass is 422 g/mol. The van der Waals surface area contributed by atoms with Gasteiger partial charge in [-0.1, -0.05) is 13.8 Å². The fraction of sp³-hybridized carbons (Fsp3) is 0.524. The molecule has 1 heterocycles. The van der Waals surface area contributed by atoms with E-state index in [4.69, 9.17) is 31.2 Å². The maximum atomic E-state index is 12.8. The Morgan fingerprint density at radius 3 is 2.52 bits per heavy atom. The summed E-state index contributed by atoms with van der Waals surface area (Å²) in [6.45, 7) is 7.57. The molecule has 1 atom stereocenters. The van der Waals surface area contributed by atoms with Crippen molar-refractivity contribution in [3.63, 3.8) is 0 Å². The van der Waals surface area contributed by atoms with Crippen molar-refractivity contribution >= 4 is 23.3 Å². The van der Waals surface area contributed by atoms with Crippen molar-refractivity contribution in [1.82, 2.24) is 10.6 Å². The Labute approximate surface area is 177 Å². The number of benzene rings is 1. The number of thiocarbonyl (C=S) groups is 1. The summed E-state index contributed by atoms with van der Waals surface area (Å²) in [7, 11) is 1.56. The summed E-state index contributed by atoms with van der Waals surface area (Å²) < 4.78 is 22.1. The number of allylic oxidation sites excluding steroid dienone is 1. The Hall–Kier alpha value is -2.32. The molecule has 0 aliphatic carbocycles. The molecule has 2 rings (SSSR count). The van der Waals surface area contributed by atoms with Gasteiger partial charge in [0.05, 0.1) is 31.4 Å². The highest BCUT2D eigenvalue weighted by Crippen LogP contribution is 2.36. The van der Waals surface area contributed by atoms with Crippen molar-refractivity contribution in [1.29, 1.82) is 0 Å². The van der Waals surface area contributed by atoms with Gasteiger partial charge < -0.3 is 29.6 Å². The summed E-state index contributed by atoms with van der Waals surface area (Å²) in [5, 5.41) is 6.62. The minimum Gasteiger partial charge on any atom is -0.493 e. The van der Waals surface area contributed by atoms with Crippen LogP contribution in [0.1, 0.15) is 45.2 Å². The molecule has 0 aromatic heterocycles. The standard InChI is InChI=1S/C21H30N2O5S/c1-5-9-26-15-7-8-16(17(13-15)27-10-6-2)19-18(14(3)22-21(29)23-19)20(24)28-12-11-25-4/h7-8,13,19H,5-6,9-12H2,1-4H3,(H2,22,23,29). The van der Waals surface area contributed by atoms with Gasteiger partial charge in [-0.2, -0.15) is 0 Å². The second-order valence-electron chi connectivity index (χ2n) is 6.60. The number of carbonyl (C=O) groups is 1. The smallest absolute Gasteiger partial charge is 0.338 e. The van der Waals surface area contributed by atoms with Gasteiger partial charge in [-0.3, -0.25) is 0 Å². The molecule has 160 valence electrons. The van der Waals surface area contributed by atoms with Gasteiger partial charge in [0, 0.05) is 24.4 Å². The summed E-state index contributed by atoms with van der Waals surface area (Å²) in [6.07, 6.45) is 1.77. The number of rotatable bonds is 11. The van der Waals surface area contributed by atoms with E-state index in [2.05, 4.69) is 17.6 Å². The number of nitrogens with one attached hydrogen (secondary N) is 2. The van der Waals surface area contributed by atoms with Gasteiger partial charge >= 0.3 is 5.97 Å². The number of hydrogen-bond acceptors (Lipinski definition) is 6. The topological polar surface area (TPSA) is 78.1 Å². The van der Waals surface area contributed by atoms with Crippen LogP contribution in [0.25, 0.3) is 0 Å². The predicted molar refractivity (Wildman–Crippen MR) is 115 cm³/mol. The van der Waals surface area contributed by atoms with Crippen molar-refractivity contribution in [2.24, 2.45) is 0 Å². The highest BCUT2D eigenvalue weighted by molar-refractivity contribution is 7.80. The van der Waals surface area contributed by atoms with Gasteiger partial charge in [0.2, 0.25) is 0 Å². The number of carbonyl (C=O) groups excluding carboxylic acids is 1. The van der Waals surface area contributed by atoms with Gasteiger partial charge in [0.1, 0.15) is 18.1 Å². The third-order valence-corrected chi connectivity index (χ3v) is 4.46. The Kier molecular flexibility index (Phi) is 9.21. The van der Waals surface area contributed by atoms with E-state index < -0.39 is 12.0 Å². The highest BCUT2D eigenvalue weighted by atomic mass is 32.1. The molecule has 1 aromatic carbocycles. The molecule has 1 unspecified atom stereocenters. The molecule has 1 aromatic rings. The van der Waals surface area contributed by atoms with Crippen LogP contribution in [-0.2, 0) is 14.3 Å². The van der Waals surface area contributed by atoms with Crippen LogP contribution in [0.5, 0.6) is 11.5 Å². The second-order valence-corrected chi connectivity index (χ2v) is 7.00. The number of esters is 1. The SMILES string of the molecule is CCCOc1ccc(C2NC(=S)NC(C)=C2C(=O)OCCOC)c(OCCC)c1. The lowest BCUT2D eigenvalue weighted by Gasteiger charge is -2.31. The molecule has 1 aliphatic heterocycles. The average molecular weight is 423 g/mol. The molecule has 2 N–H and O–H groups in total. The summed E-state index contributed by atoms with van der Waals surface area (Å²) in [4.78, 5) is 12.8. The van der Waals surface area contributed by atoms with Crippen molar-refractivity contribution < 1.29 is 23.7 Å². The van der Waals surface area contributed by atoms with Crippen molar-refractivity contribution in [2.75, 3.05) is 33.5 Å². The largest absolute Gasteiger partial charge is 0.493 e. The van der Waals surface area contributed by atoms with E-state index in [-0.39, 0.29) is 6.61 Å². The van der Waals surface area contributed by atoms with E-state index >= 15 is 0 Å². The molecule has 0 fully saturated rings. The van der Waals surface area contributed by atoms with Gasteiger partial charge in [0.15, 0.2) is 5.11 Å². The van der Waals surface area contributed by atoms with Crippen LogP contribution in [-0.4, -0.2) is 44.6 Å². The van der Waals surface area contributed by atoms with E-state index in [1.807, 2.05) is 25.1 Å². The lowest BCUT2D eigenvalue weighted by Crippen LogP contribution is -2.45. The molecule has 0 saturated carbocycles. The molecule has 0 saturated heterocycles. The second kappa shape index (κ2) is 11.6. The highest BCUT2D eigenvalue weighted by Gasteiger charge is 2.33. The van der Waals surface area contributed by atoms with Crippen molar-refractivity contribution in [3.8, 4) is 11.5 Å².